The molecule has 4 bridgehead atoms. The second kappa shape index (κ2) is 5.55. The van der Waals surface area contributed by atoms with Crippen molar-refractivity contribution in [2.75, 3.05) is 0 Å². The third-order valence-electron chi connectivity index (χ3n) is 6.01. The predicted molar refractivity (Wildman–Crippen MR) is 85.6 cm³/mol. The highest BCUT2D eigenvalue weighted by Crippen LogP contribution is 2.53. The number of amides is 1. The average molecular weight is 322 g/mol. The number of halogens is 1. The van der Waals surface area contributed by atoms with Crippen LogP contribution in [-0.2, 0) is 11.3 Å². The van der Waals surface area contributed by atoms with Crippen LogP contribution >= 0.6 is 11.6 Å². The van der Waals surface area contributed by atoms with Crippen molar-refractivity contribution >= 4 is 17.5 Å². The summed E-state index contributed by atoms with van der Waals surface area (Å²) in [5, 5.41) is 8.32. The Labute approximate surface area is 136 Å². The highest BCUT2D eigenvalue weighted by molar-refractivity contribution is 6.31. The van der Waals surface area contributed by atoms with E-state index in [2.05, 4.69) is 10.4 Å². The molecule has 5 heteroatoms. The molecule has 0 saturated heterocycles. The molecule has 4 saturated carbocycles. The molecule has 0 aliphatic heterocycles. The van der Waals surface area contributed by atoms with E-state index in [9.17, 15) is 4.79 Å². The minimum absolute atomic E-state index is 0.168. The molecule has 5 rings (SSSR count). The molecule has 22 heavy (non-hydrogen) atoms. The zero-order valence-electron chi connectivity index (χ0n) is 13.1. The van der Waals surface area contributed by atoms with E-state index in [1.165, 1.54) is 32.1 Å². The minimum Gasteiger partial charge on any atom is -0.353 e. The van der Waals surface area contributed by atoms with Crippen molar-refractivity contribution in [1.29, 1.82) is 0 Å². The van der Waals surface area contributed by atoms with Crippen LogP contribution in [0.1, 0.15) is 44.2 Å². The van der Waals surface area contributed by atoms with Gasteiger partial charge in [0.2, 0.25) is 5.91 Å². The summed E-state index contributed by atoms with van der Waals surface area (Å²) in [5.74, 6) is 3.54. The molecule has 4 fully saturated rings. The summed E-state index contributed by atoms with van der Waals surface area (Å²) in [6, 6.07) is 0.434. The summed E-state index contributed by atoms with van der Waals surface area (Å²) >= 11 is 6.00. The molecule has 4 aliphatic rings. The van der Waals surface area contributed by atoms with Gasteiger partial charge < -0.3 is 5.32 Å². The molecular formula is C17H24ClN3O. The third-order valence-corrected chi connectivity index (χ3v) is 6.38. The Kier molecular flexibility index (Phi) is 3.67. The molecule has 1 aromatic heterocycles. The van der Waals surface area contributed by atoms with Gasteiger partial charge in [0, 0.05) is 25.2 Å². The molecule has 0 atom stereocenters. The van der Waals surface area contributed by atoms with Gasteiger partial charge in [0.05, 0.1) is 10.7 Å². The SMILES string of the molecule is Cc1nn(CCC(=O)NC2C3CC4CC(C3)CC2C4)cc1Cl. The fourth-order valence-corrected chi connectivity index (χ4v) is 5.39. The van der Waals surface area contributed by atoms with Crippen molar-refractivity contribution in [1.82, 2.24) is 15.1 Å². The fourth-order valence-electron chi connectivity index (χ4n) is 5.24. The van der Waals surface area contributed by atoms with Gasteiger partial charge in [0.1, 0.15) is 0 Å². The predicted octanol–water partition coefficient (Wildman–Crippen LogP) is 3.18. The number of nitrogens with zero attached hydrogens (tertiary/aromatic N) is 2. The Morgan fingerprint density at radius 2 is 1.91 bits per heavy atom. The van der Waals surface area contributed by atoms with Crippen molar-refractivity contribution in [2.45, 2.75) is 58.0 Å². The Morgan fingerprint density at radius 3 is 2.45 bits per heavy atom. The second-order valence-electron chi connectivity index (χ2n) is 7.60. The van der Waals surface area contributed by atoms with Gasteiger partial charge in [-0.2, -0.15) is 5.10 Å². The minimum atomic E-state index is 0.168. The lowest BCUT2D eigenvalue weighted by Crippen LogP contribution is -2.55. The van der Waals surface area contributed by atoms with Crippen LogP contribution in [0, 0.1) is 30.6 Å². The second-order valence-corrected chi connectivity index (χ2v) is 8.01. The summed E-state index contributed by atoms with van der Waals surface area (Å²) in [5.41, 5.74) is 0.822. The lowest BCUT2D eigenvalue weighted by atomic mass is 9.54. The van der Waals surface area contributed by atoms with Gasteiger partial charge in [-0.25, -0.2) is 0 Å². The lowest BCUT2D eigenvalue weighted by Gasteiger charge is -2.54. The Hall–Kier alpha value is -1.03. The first-order chi connectivity index (χ1) is 10.6. The van der Waals surface area contributed by atoms with Gasteiger partial charge in [-0.1, -0.05) is 11.6 Å². The standard InChI is InChI=1S/C17H24ClN3O/c1-10-15(18)9-21(20-10)3-2-16(22)19-17-13-5-11-4-12(7-13)8-14(17)6-11/h9,11-14,17H,2-8H2,1H3,(H,19,22). The summed E-state index contributed by atoms with van der Waals surface area (Å²) in [6.07, 6.45) is 9.09. The maximum absolute atomic E-state index is 12.3. The van der Waals surface area contributed by atoms with E-state index in [0.29, 0.717) is 24.0 Å². The number of aryl methyl sites for hydroxylation is 2. The lowest BCUT2D eigenvalue weighted by molar-refractivity contribution is -0.125. The number of hydrogen-bond donors (Lipinski definition) is 1. The van der Waals surface area contributed by atoms with Crippen LogP contribution in [0.3, 0.4) is 0 Å². The van der Waals surface area contributed by atoms with Gasteiger partial charge in [-0.05, 0) is 62.7 Å². The molecule has 4 nitrogen and oxygen atoms in total. The Bertz CT molecular complexity index is 535. The van der Waals surface area contributed by atoms with E-state index in [0.717, 1.165) is 29.4 Å². The fraction of sp³-hybridized carbons (Fsp3) is 0.765. The van der Waals surface area contributed by atoms with E-state index < -0.39 is 0 Å². The van der Waals surface area contributed by atoms with E-state index in [-0.39, 0.29) is 5.91 Å². The molecule has 4 aliphatic carbocycles. The first kappa shape index (κ1) is 14.6. The van der Waals surface area contributed by atoms with Crippen molar-refractivity contribution in [3.63, 3.8) is 0 Å². The molecule has 1 N–H and O–H groups in total. The summed E-state index contributed by atoms with van der Waals surface area (Å²) in [6.45, 7) is 2.49. The van der Waals surface area contributed by atoms with Crippen molar-refractivity contribution in [2.24, 2.45) is 23.7 Å². The maximum Gasteiger partial charge on any atom is 0.222 e. The van der Waals surface area contributed by atoms with Crippen LogP contribution in [0.2, 0.25) is 5.02 Å². The molecule has 120 valence electrons. The van der Waals surface area contributed by atoms with Gasteiger partial charge in [-0.3, -0.25) is 9.48 Å². The zero-order valence-corrected chi connectivity index (χ0v) is 13.9. The molecule has 1 heterocycles. The van der Waals surface area contributed by atoms with Crippen molar-refractivity contribution in [3.05, 3.63) is 16.9 Å². The van der Waals surface area contributed by atoms with Crippen LogP contribution in [0.15, 0.2) is 6.20 Å². The molecule has 0 spiro atoms. The van der Waals surface area contributed by atoms with Gasteiger partial charge >= 0.3 is 0 Å². The number of aromatic nitrogens is 2. The average Bonchev–Trinajstić information content (AvgIpc) is 2.79. The summed E-state index contributed by atoms with van der Waals surface area (Å²) in [7, 11) is 0. The zero-order chi connectivity index (χ0) is 15.3. The van der Waals surface area contributed by atoms with E-state index in [1.54, 1.807) is 10.9 Å². The largest absolute Gasteiger partial charge is 0.353 e. The van der Waals surface area contributed by atoms with Crippen LogP contribution in [-0.4, -0.2) is 21.7 Å². The first-order valence-electron chi connectivity index (χ1n) is 8.57. The molecule has 0 radical (unpaired) electrons. The van der Waals surface area contributed by atoms with E-state index in [1.807, 2.05) is 6.92 Å². The van der Waals surface area contributed by atoms with Crippen molar-refractivity contribution in [3.8, 4) is 0 Å². The summed E-state index contributed by atoms with van der Waals surface area (Å²) in [4.78, 5) is 12.3. The number of carbonyl (C=O) groups excluding carboxylic acids is 1. The Morgan fingerprint density at radius 1 is 1.27 bits per heavy atom. The third kappa shape index (κ3) is 2.66. The normalized spacial score (nSPS) is 35.8. The van der Waals surface area contributed by atoms with Crippen molar-refractivity contribution < 1.29 is 4.79 Å². The number of carbonyl (C=O) groups is 1. The Balaban J connectivity index is 1.32. The van der Waals surface area contributed by atoms with Gasteiger partial charge in [0.25, 0.3) is 0 Å². The van der Waals surface area contributed by atoms with Gasteiger partial charge in [0.15, 0.2) is 0 Å². The maximum atomic E-state index is 12.3. The number of hydrogen-bond acceptors (Lipinski definition) is 2. The van der Waals surface area contributed by atoms with E-state index in [4.69, 9.17) is 11.6 Å². The molecule has 1 aromatic rings. The van der Waals surface area contributed by atoms with Crippen LogP contribution in [0.25, 0.3) is 0 Å². The molecular weight excluding hydrogens is 298 g/mol. The topological polar surface area (TPSA) is 46.9 Å². The summed E-state index contributed by atoms with van der Waals surface area (Å²) < 4.78 is 1.77. The molecule has 0 unspecified atom stereocenters. The smallest absolute Gasteiger partial charge is 0.222 e. The van der Waals surface area contributed by atoms with Crippen LogP contribution in [0.5, 0.6) is 0 Å². The molecule has 0 aromatic carbocycles. The van der Waals surface area contributed by atoms with Gasteiger partial charge in [-0.15, -0.1) is 0 Å². The monoisotopic (exact) mass is 321 g/mol. The highest BCUT2D eigenvalue weighted by atomic mass is 35.5. The first-order valence-corrected chi connectivity index (χ1v) is 8.95. The number of nitrogens with one attached hydrogen (secondary N) is 1. The van der Waals surface area contributed by atoms with Crippen LogP contribution < -0.4 is 5.32 Å². The van der Waals surface area contributed by atoms with E-state index >= 15 is 0 Å². The van der Waals surface area contributed by atoms with Crippen LogP contribution in [0.4, 0.5) is 0 Å². The highest BCUT2D eigenvalue weighted by Gasteiger charge is 2.48. The quantitative estimate of drug-likeness (QED) is 0.926. The molecule has 1 amide bonds. The number of rotatable bonds is 4.